The zero-order valence-corrected chi connectivity index (χ0v) is 36.7. The van der Waals surface area contributed by atoms with E-state index in [1.807, 2.05) is 20.8 Å². The van der Waals surface area contributed by atoms with Crippen LogP contribution in [-0.4, -0.2) is 106 Å². The smallest absolute Gasteiger partial charge is 0.329 e. The quantitative estimate of drug-likeness (QED) is 0.0468. The molecule has 0 spiro atoms. The van der Waals surface area contributed by atoms with Crippen molar-refractivity contribution in [3.05, 3.63) is 0 Å². The fourth-order valence-electron chi connectivity index (χ4n) is 5.77. The fourth-order valence-corrected chi connectivity index (χ4v) is 5.77. The van der Waals surface area contributed by atoms with E-state index in [1.54, 1.807) is 20.8 Å². The van der Waals surface area contributed by atoms with Crippen LogP contribution in [0.25, 0.3) is 0 Å². The molecule has 0 aromatic heterocycles. The molecule has 0 aliphatic heterocycles. The molecule has 57 heavy (non-hydrogen) atoms. The summed E-state index contributed by atoms with van der Waals surface area (Å²) in [5.41, 5.74) is -1.14. The maximum atomic E-state index is 12.9. The molecule has 332 valence electrons. The molecule has 0 unspecified atom stereocenters. The van der Waals surface area contributed by atoms with Gasteiger partial charge in [0.25, 0.3) is 0 Å². The molecule has 3 N–H and O–H groups in total. The van der Waals surface area contributed by atoms with Crippen LogP contribution in [0, 0.1) is 0 Å². The van der Waals surface area contributed by atoms with Crippen LogP contribution in [0.3, 0.4) is 0 Å². The first-order valence-electron chi connectivity index (χ1n) is 21.5. The summed E-state index contributed by atoms with van der Waals surface area (Å²) in [5.74, 6) is -1.45. The molecule has 0 saturated heterocycles. The minimum Gasteiger partial charge on any atom is -0.460 e. The van der Waals surface area contributed by atoms with Gasteiger partial charge in [-0.05, 0) is 67.2 Å². The van der Waals surface area contributed by atoms with Crippen molar-refractivity contribution in [1.82, 2.24) is 16.0 Å². The van der Waals surface area contributed by atoms with E-state index in [0.717, 1.165) is 38.5 Å². The molecule has 14 nitrogen and oxygen atoms in total. The van der Waals surface area contributed by atoms with Crippen LogP contribution < -0.4 is 16.0 Å². The van der Waals surface area contributed by atoms with Crippen LogP contribution >= 0.6 is 0 Å². The summed E-state index contributed by atoms with van der Waals surface area (Å²) in [6.07, 6.45) is 17.6. The van der Waals surface area contributed by atoms with Gasteiger partial charge in [-0.3, -0.25) is 24.0 Å². The highest BCUT2D eigenvalue weighted by atomic mass is 16.6. The van der Waals surface area contributed by atoms with Crippen LogP contribution in [0.2, 0.25) is 0 Å². The molecule has 1 atom stereocenters. The molecule has 0 fully saturated rings. The largest absolute Gasteiger partial charge is 0.460 e. The number of unbranched alkanes of at least 4 members (excludes halogenated alkanes) is 13. The molecule has 0 bridgehead atoms. The summed E-state index contributed by atoms with van der Waals surface area (Å²) < 4.78 is 26.3. The number of hydrogen-bond acceptors (Lipinski definition) is 11. The van der Waals surface area contributed by atoms with Gasteiger partial charge in [-0.1, -0.05) is 77.0 Å². The molecule has 3 amide bonds. The van der Waals surface area contributed by atoms with Gasteiger partial charge < -0.3 is 39.6 Å². The molecule has 0 aliphatic rings. The van der Waals surface area contributed by atoms with Gasteiger partial charge in [0.05, 0.1) is 19.8 Å². The van der Waals surface area contributed by atoms with Crippen molar-refractivity contribution in [3.8, 4) is 0 Å². The van der Waals surface area contributed by atoms with E-state index in [9.17, 15) is 28.8 Å². The first-order chi connectivity index (χ1) is 27.0. The van der Waals surface area contributed by atoms with Crippen LogP contribution in [0.15, 0.2) is 0 Å². The number of nitrogens with one attached hydrogen (secondary N) is 3. The normalized spacial score (nSPS) is 12.1. The summed E-state index contributed by atoms with van der Waals surface area (Å²) in [6.45, 7) is 12.2. The third-order valence-electron chi connectivity index (χ3n) is 8.57. The first kappa shape index (κ1) is 53.9. The maximum Gasteiger partial charge on any atom is 0.329 e. The van der Waals surface area contributed by atoms with Gasteiger partial charge in [0.15, 0.2) is 5.78 Å². The summed E-state index contributed by atoms with van der Waals surface area (Å²) in [4.78, 5) is 73.0. The Morgan fingerprint density at radius 1 is 0.491 bits per heavy atom. The van der Waals surface area contributed by atoms with E-state index in [2.05, 4.69) is 16.0 Å². The number of hydrogen-bond donors (Lipinski definition) is 3. The second-order valence-electron chi connectivity index (χ2n) is 16.7. The minimum absolute atomic E-state index is 0.0137. The van der Waals surface area contributed by atoms with Gasteiger partial charge >= 0.3 is 11.9 Å². The lowest BCUT2D eigenvalue weighted by atomic mass is 10.0. The Hall–Kier alpha value is -3.10. The predicted octanol–water partition coefficient (Wildman–Crippen LogP) is 6.44. The molecule has 0 aromatic rings. The number of rotatable bonds is 36. The summed E-state index contributed by atoms with van der Waals surface area (Å²) in [7, 11) is 1.46. The first-order valence-corrected chi connectivity index (χ1v) is 21.5. The highest BCUT2D eigenvalue weighted by Crippen LogP contribution is 2.16. The van der Waals surface area contributed by atoms with Crippen molar-refractivity contribution in [3.63, 3.8) is 0 Å². The van der Waals surface area contributed by atoms with Crippen LogP contribution in [0.5, 0.6) is 0 Å². The zero-order valence-electron chi connectivity index (χ0n) is 36.7. The Morgan fingerprint density at radius 3 is 1.54 bits per heavy atom. The minimum atomic E-state index is -0.921. The van der Waals surface area contributed by atoms with E-state index < -0.39 is 23.2 Å². The molecular formula is C43H79N3O11. The molecule has 14 heteroatoms. The third kappa shape index (κ3) is 38.2. The van der Waals surface area contributed by atoms with Gasteiger partial charge in [-0.25, -0.2) is 4.79 Å². The molecule has 0 radical (unpaired) electrons. The Bertz CT molecular complexity index is 1120. The van der Waals surface area contributed by atoms with E-state index >= 15 is 0 Å². The summed E-state index contributed by atoms with van der Waals surface area (Å²) in [5, 5.41) is 8.21. The predicted molar refractivity (Wildman–Crippen MR) is 221 cm³/mol. The van der Waals surface area contributed by atoms with Gasteiger partial charge in [0.2, 0.25) is 17.7 Å². The van der Waals surface area contributed by atoms with E-state index in [1.165, 1.54) is 58.5 Å². The Kier molecular flexibility index (Phi) is 32.0. The van der Waals surface area contributed by atoms with Crippen LogP contribution in [0.4, 0.5) is 0 Å². The van der Waals surface area contributed by atoms with Gasteiger partial charge in [-0.15, -0.1) is 0 Å². The van der Waals surface area contributed by atoms with Gasteiger partial charge in [0.1, 0.15) is 30.5 Å². The number of Topliss-reactive ketones (excluding diaryl/α,β-unsaturated/α-hetero) is 1. The highest BCUT2D eigenvalue weighted by Gasteiger charge is 2.27. The number of carbonyl (C=O) groups is 6. The Labute approximate surface area is 343 Å². The van der Waals surface area contributed by atoms with E-state index in [4.69, 9.17) is 23.7 Å². The van der Waals surface area contributed by atoms with Crippen molar-refractivity contribution >= 4 is 35.4 Å². The van der Waals surface area contributed by atoms with Crippen molar-refractivity contribution < 1.29 is 52.5 Å². The number of esters is 2. The number of amides is 3. The molecular weight excluding hydrogens is 734 g/mol. The fraction of sp³-hybridized carbons (Fsp3) is 0.860. The molecule has 0 aliphatic carbocycles. The SMILES string of the molecule is COCC(=O)CCCNC(=O)COCCOCCNC(=O)CC[C@H](NC(=O)CCCCCCCCCCCCCCCCC(=O)OC(C)(C)C)C(=O)OC(C)(C)C. The van der Waals surface area contributed by atoms with Crippen LogP contribution in [0.1, 0.15) is 170 Å². The molecule has 0 saturated carbocycles. The lowest BCUT2D eigenvalue weighted by Crippen LogP contribution is -2.44. The number of ketones is 1. The molecule has 0 heterocycles. The van der Waals surface area contributed by atoms with Crippen molar-refractivity contribution in [2.45, 2.75) is 187 Å². The Morgan fingerprint density at radius 2 is 1.00 bits per heavy atom. The van der Waals surface area contributed by atoms with Crippen molar-refractivity contribution in [2.24, 2.45) is 0 Å². The highest BCUT2D eigenvalue weighted by molar-refractivity contribution is 5.85. The second kappa shape index (κ2) is 33.8. The lowest BCUT2D eigenvalue weighted by molar-refractivity contribution is -0.159. The third-order valence-corrected chi connectivity index (χ3v) is 8.57. The summed E-state index contributed by atoms with van der Waals surface area (Å²) in [6, 6.07) is -0.921. The number of carbonyl (C=O) groups excluding carboxylic acids is 6. The van der Waals surface area contributed by atoms with E-state index in [-0.39, 0.29) is 81.9 Å². The Balaban J connectivity index is 4.03. The van der Waals surface area contributed by atoms with Gasteiger partial charge in [0, 0.05) is 45.9 Å². The molecule has 0 aromatic carbocycles. The van der Waals surface area contributed by atoms with E-state index in [0.29, 0.717) is 32.2 Å². The van der Waals surface area contributed by atoms with Gasteiger partial charge in [-0.2, -0.15) is 0 Å². The zero-order chi connectivity index (χ0) is 42.8. The molecule has 0 rings (SSSR count). The standard InChI is InChI=1S/C43H79N3O11/c1-42(2,3)56-40(51)25-21-19-17-15-13-11-9-8-10-12-14-16-18-20-24-38(49)46-36(41(52)57-43(4,5)6)26-27-37(48)45-29-30-54-31-32-55-34-39(50)44-28-22-23-35(47)33-53-7/h36H,8-34H2,1-7H3,(H,44,50)(H,45,48)(H,46,49)/t36-/m0/s1. The maximum absolute atomic E-state index is 12.9. The lowest BCUT2D eigenvalue weighted by Gasteiger charge is -2.24. The average Bonchev–Trinajstić information content (AvgIpc) is 3.11. The van der Waals surface area contributed by atoms with Crippen molar-refractivity contribution in [2.75, 3.05) is 53.2 Å². The topological polar surface area (TPSA) is 185 Å². The monoisotopic (exact) mass is 814 g/mol. The number of ether oxygens (including phenoxy) is 5. The average molecular weight is 814 g/mol. The van der Waals surface area contributed by atoms with Crippen LogP contribution in [-0.2, 0) is 52.5 Å². The summed E-state index contributed by atoms with van der Waals surface area (Å²) >= 11 is 0. The second-order valence-corrected chi connectivity index (χ2v) is 16.7. The number of methoxy groups -OCH3 is 1. The van der Waals surface area contributed by atoms with Crippen molar-refractivity contribution in [1.29, 1.82) is 0 Å².